The van der Waals surface area contributed by atoms with Crippen LogP contribution < -0.4 is 5.32 Å². The number of carboxylic acids is 1. The summed E-state index contributed by atoms with van der Waals surface area (Å²) in [7, 11) is 0. The Balaban J connectivity index is 2.12. The second-order valence-electron chi connectivity index (χ2n) is 4.19. The number of ether oxygens (including phenoxy) is 1. The van der Waals surface area contributed by atoms with Crippen LogP contribution in [0, 0.1) is 9.49 Å². The lowest BCUT2D eigenvalue weighted by Crippen LogP contribution is -2.42. The van der Waals surface area contributed by atoms with Gasteiger partial charge in [0.15, 0.2) is 0 Å². The van der Waals surface area contributed by atoms with Gasteiger partial charge >= 0.3 is 5.97 Å². The number of rotatable bonds is 3. The fraction of sp³-hybridized carbons (Fsp3) is 0.333. The second-order valence-corrected chi connectivity index (χ2v) is 6.26. The number of amides is 1. The molecule has 2 rings (SSSR count). The molecule has 1 aromatic rings. The van der Waals surface area contributed by atoms with Crippen molar-refractivity contribution in [3.05, 3.63) is 31.8 Å². The molecular formula is C12H11BrINO4. The number of aliphatic carboxylic acids is 1. The zero-order chi connectivity index (χ0) is 14.0. The third kappa shape index (κ3) is 3.46. The fourth-order valence-corrected chi connectivity index (χ4v) is 2.80. The molecule has 0 radical (unpaired) electrons. The van der Waals surface area contributed by atoms with Crippen LogP contribution in [0.25, 0.3) is 0 Å². The molecular weight excluding hydrogens is 429 g/mol. The molecule has 1 aromatic carbocycles. The Bertz CT molecular complexity index is 522. The summed E-state index contributed by atoms with van der Waals surface area (Å²) in [4.78, 5) is 23.2. The van der Waals surface area contributed by atoms with Gasteiger partial charge in [0.25, 0.3) is 5.91 Å². The zero-order valence-corrected chi connectivity index (χ0v) is 13.5. The molecule has 0 aliphatic carbocycles. The molecule has 1 aliphatic rings. The van der Waals surface area contributed by atoms with Crippen LogP contribution in [-0.4, -0.2) is 36.2 Å². The zero-order valence-electron chi connectivity index (χ0n) is 9.73. The summed E-state index contributed by atoms with van der Waals surface area (Å²) < 4.78 is 6.73. The SMILES string of the molecule is O=C(NC1COCC1C(=O)O)c1cc(Br)ccc1I. The Morgan fingerprint density at radius 2 is 2.16 bits per heavy atom. The van der Waals surface area contributed by atoms with E-state index in [4.69, 9.17) is 9.84 Å². The first-order chi connectivity index (χ1) is 8.99. The van der Waals surface area contributed by atoms with Crippen molar-refractivity contribution in [1.29, 1.82) is 0 Å². The van der Waals surface area contributed by atoms with Crippen molar-refractivity contribution in [1.82, 2.24) is 5.32 Å². The molecule has 102 valence electrons. The van der Waals surface area contributed by atoms with Gasteiger partial charge in [-0.05, 0) is 40.8 Å². The van der Waals surface area contributed by atoms with E-state index in [0.29, 0.717) is 5.56 Å². The maximum absolute atomic E-state index is 12.2. The van der Waals surface area contributed by atoms with Crippen LogP contribution in [0.3, 0.4) is 0 Å². The van der Waals surface area contributed by atoms with Gasteiger partial charge < -0.3 is 15.2 Å². The molecule has 1 saturated heterocycles. The average molecular weight is 440 g/mol. The maximum atomic E-state index is 12.2. The van der Waals surface area contributed by atoms with Crippen molar-refractivity contribution in [3.8, 4) is 0 Å². The van der Waals surface area contributed by atoms with Crippen LogP contribution in [0.15, 0.2) is 22.7 Å². The second kappa shape index (κ2) is 6.19. The predicted molar refractivity (Wildman–Crippen MR) is 80.1 cm³/mol. The third-order valence-electron chi connectivity index (χ3n) is 2.89. The van der Waals surface area contributed by atoms with Gasteiger partial charge in [0.05, 0.1) is 24.8 Å². The van der Waals surface area contributed by atoms with Crippen LogP contribution in [0.2, 0.25) is 0 Å². The molecule has 1 amide bonds. The monoisotopic (exact) mass is 439 g/mol. The van der Waals surface area contributed by atoms with Gasteiger partial charge in [-0.25, -0.2) is 0 Å². The topological polar surface area (TPSA) is 75.6 Å². The van der Waals surface area contributed by atoms with E-state index in [1.807, 2.05) is 12.1 Å². The summed E-state index contributed by atoms with van der Waals surface area (Å²) in [5.74, 6) is -1.92. The molecule has 0 bridgehead atoms. The normalized spacial score (nSPS) is 22.2. The lowest BCUT2D eigenvalue weighted by Gasteiger charge is -2.16. The highest BCUT2D eigenvalue weighted by Gasteiger charge is 2.35. The Morgan fingerprint density at radius 1 is 1.42 bits per heavy atom. The Labute approximate surface area is 132 Å². The van der Waals surface area contributed by atoms with Crippen LogP contribution in [0.1, 0.15) is 10.4 Å². The van der Waals surface area contributed by atoms with Crippen molar-refractivity contribution in [2.45, 2.75) is 6.04 Å². The fourth-order valence-electron chi connectivity index (χ4n) is 1.86. The standard InChI is InChI=1S/C12H11BrINO4/c13-6-1-2-9(14)7(3-6)11(16)15-10-5-19-4-8(10)12(17)18/h1-3,8,10H,4-5H2,(H,15,16)(H,17,18). The van der Waals surface area contributed by atoms with E-state index in [1.165, 1.54) is 0 Å². The van der Waals surface area contributed by atoms with E-state index in [9.17, 15) is 9.59 Å². The van der Waals surface area contributed by atoms with Crippen molar-refractivity contribution in [2.24, 2.45) is 5.92 Å². The lowest BCUT2D eigenvalue weighted by atomic mass is 10.0. The average Bonchev–Trinajstić information content (AvgIpc) is 2.80. The molecule has 19 heavy (non-hydrogen) atoms. The van der Waals surface area contributed by atoms with Gasteiger partial charge in [0.2, 0.25) is 0 Å². The number of nitrogens with one attached hydrogen (secondary N) is 1. The number of hydrogen-bond acceptors (Lipinski definition) is 3. The Hall–Kier alpha value is -0.670. The predicted octanol–water partition coefficient (Wildman–Crippen LogP) is 1.88. The minimum absolute atomic E-state index is 0.135. The Kier molecular flexibility index (Phi) is 4.80. The number of halogens is 2. The van der Waals surface area contributed by atoms with E-state index < -0.39 is 17.9 Å². The molecule has 2 atom stereocenters. The van der Waals surface area contributed by atoms with Gasteiger partial charge in [0, 0.05) is 8.04 Å². The summed E-state index contributed by atoms with van der Waals surface area (Å²) in [6.45, 7) is 0.364. The minimum atomic E-state index is -0.952. The number of carbonyl (C=O) groups excluding carboxylic acids is 1. The van der Waals surface area contributed by atoms with Gasteiger partial charge in [-0.1, -0.05) is 15.9 Å². The molecule has 5 nitrogen and oxygen atoms in total. The summed E-state index contributed by atoms with van der Waals surface area (Å²) in [5, 5.41) is 11.7. The van der Waals surface area contributed by atoms with E-state index in [-0.39, 0.29) is 19.1 Å². The molecule has 2 unspecified atom stereocenters. The van der Waals surface area contributed by atoms with E-state index >= 15 is 0 Å². The molecule has 1 aliphatic heterocycles. The first-order valence-electron chi connectivity index (χ1n) is 5.55. The molecule has 0 saturated carbocycles. The van der Waals surface area contributed by atoms with Crippen molar-refractivity contribution >= 4 is 50.4 Å². The Morgan fingerprint density at radius 3 is 2.84 bits per heavy atom. The van der Waals surface area contributed by atoms with Gasteiger partial charge in [-0.2, -0.15) is 0 Å². The maximum Gasteiger partial charge on any atom is 0.311 e. The number of hydrogen-bond donors (Lipinski definition) is 2. The lowest BCUT2D eigenvalue weighted by molar-refractivity contribution is -0.142. The number of carboxylic acid groups (broad SMARTS) is 1. The summed E-state index contributed by atoms with van der Waals surface area (Å²) in [6, 6.07) is 4.89. The molecule has 1 fully saturated rings. The summed E-state index contributed by atoms with van der Waals surface area (Å²) in [6.07, 6.45) is 0. The van der Waals surface area contributed by atoms with Gasteiger partial charge in [0.1, 0.15) is 5.92 Å². The first-order valence-corrected chi connectivity index (χ1v) is 7.42. The molecule has 1 heterocycles. The molecule has 0 spiro atoms. The van der Waals surface area contributed by atoms with Crippen LogP contribution in [-0.2, 0) is 9.53 Å². The van der Waals surface area contributed by atoms with Crippen LogP contribution >= 0.6 is 38.5 Å². The van der Waals surface area contributed by atoms with Crippen molar-refractivity contribution in [2.75, 3.05) is 13.2 Å². The smallest absolute Gasteiger partial charge is 0.311 e. The molecule has 7 heteroatoms. The van der Waals surface area contributed by atoms with Crippen molar-refractivity contribution < 1.29 is 19.4 Å². The minimum Gasteiger partial charge on any atom is -0.481 e. The van der Waals surface area contributed by atoms with Crippen molar-refractivity contribution in [3.63, 3.8) is 0 Å². The van der Waals surface area contributed by atoms with E-state index in [1.54, 1.807) is 6.07 Å². The summed E-state index contributed by atoms with van der Waals surface area (Å²) in [5.41, 5.74) is 0.519. The number of benzene rings is 1. The summed E-state index contributed by atoms with van der Waals surface area (Å²) >= 11 is 5.38. The highest BCUT2D eigenvalue weighted by atomic mass is 127. The largest absolute Gasteiger partial charge is 0.481 e. The first kappa shape index (κ1) is 14.7. The van der Waals surface area contributed by atoms with Gasteiger partial charge in [-0.15, -0.1) is 0 Å². The third-order valence-corrected chi connectivity index (χ3v) is 4.32. The quantitative estimate of drug-likeness (QED) is 0.705. The van der Waals surface area contributed by atoms with E-state index in [2.05, 4.69) is 43.8 Å². The molecule has 0 aromatic heterocycles. The highest BCUT2D eigenvalue weighted by molar-refractivity contribution is 14.1. The highest BCUT2D eigenvalue weighted by Crippen LogP contribution is 2.20. The molecule has 2 N–H and O–H groups in total. The van der Waals surface area contributed by atoms with Crippen LogP contribution in [0.4, 0.5) is 0 Å². The number of carbonyl (C=O) groups is 2. The van der Waals surface area contributed by atoms with E-state index in [0.717, 1.165) is 8.04 Å². The van der Waals surface area contributed by atoms with Gasteiger partial charge in [-0.3, -0.25) is 9.59 Å². The van der Waals surface area contributed by atoms with Crippen LogP contribution in [0.5, 0.6) is 0 Å².